The molecule has 0 aliphatic heterocycles. The van der Waals surface area contributed by atoms with E-state index in [0.29, 0.717) is 11.8 Å². The van der Waals surface area contributed by atoms with Crippen LogP contribution in [-0.2, 0) is 0 Å². The van der Waals surface area contributed by atoms with E-state index in [0.717, 1.165) is 11.5 Å². The summed E-state index contributed by atoms with van der Waals surface area (Å²) in [7, 11) is 0. The van der Waals surface area contributed by atoms with Gasteiger partial charge in [-0.3, -0.25) is 4.57 Å². The van der Waals surface area contributed by atoms with Gasteiger partial charge in [0.25, 0.3) is 0 Å². The van der Waals surface area contributed by atoms with Gasteiger partial charge < -0.3 is 0 Å². The second-order valence-corrected chi connectivity index (χ2v) is 8.16. The number of para-hydroxylation sites is 1. The van der Waals surface area contributed by atoms with Gasteiger partial charge in [-0.2, -0.15) is 0 Å². The highest BCUT2D eigenvalue weighted by molar-refractivity contribution is 5.76. The molecule has 3 aromatic carbocycles. The summed E-state index contributed by atoms with van der Waals surface area (Å²) < 4.78 is 2.20. The van der Waals surface area contributed by atoms with Gasteiger partial charge in [0.2, 0.25) is 0 Å². The first-order valence-corrected chi connectivity index (χ1v) is 10.4. The second kappa shape index (κ2) is 8.08. The Bertz CT molecular complexity index is 1060. The van der Waals surface area contributed by atoms with E-state index in [1.54, 1.807) is 0 Å². The van der Waals surface area contributed by atoms with Crippen molar-refractivity contribution in [3.8, 4) is 28.2 Å². The monoisotopic (exact) mass is 380 g/mol. The molecule has 0 saturated carbocycles. The van der Waals surface area contributed by atoms with Crippen molar-refractivity contribution < 1.29 is 0 Å². The van der Waals surface area contributed by atoms with Crippen molar-refractivity contribution in [3.63, 3.8) is 0 Å². The summed E-state index contributed by atoms with van der Waals surface area (Å²) in [6, 6.07) is 25.8. The van der Waals surface area contributed by atoms with Gasteiger partial charge in [-0.1, -0.05) is 88.4 Å². The molecule has 2 nitrogen and oxygen atoms in total. The third-order valence-corrected chi connectivity index (χ3v) is 5.45. The molecule has 0 bridgehead atoms. The molecule has 0 aliphatic carbocycles. The van der Waals surface area contributed by atoms with Crippen molar-refractivity contribution in [1.82, 2.24) is 9.55 Å². The molecule has 0 aliphatic rings. The quantitative estimate of drug-likeness (QED) is 0.351. The van der Waals surface area contributed by atoms with Crippen molar-refractivity contribution in [2.24, 2.45) is 0 Å². The van der Waals surface area contributed by atoms with E-state index >= 15 is 0 Å². The summed E-state index contributed by atoms with van der Waals surface area (Å²) in [4.78, 5) is 4.81. The maximum atomic E-state index is 4.81. The molecule has 29 heavy (non-hydrogen) atoms. The van der Waals surface area contributed by atoms with Crippen LogP contribution >= 0.6 is 0 Å². The Kier molecular flexibility index (Phi) is 5.35. The van der Waals surface area contributed by atoms with E-state index in [2.05, 4.69) is 105 Å². The topological polar surface area (TPSA) is 17.8 Å². The standard InChI is InChI=1S/C27H28N2/c1-19(2)24-17-22(21-11-7-5-8-12-21)18-25(20(3)4)26(24)27-28-15-16-29(27)23-13-9-6-10-14-23/h5-20H,1-4H3. The number of hydrogen-bond acceptors (Lipinski definition) is 1. The zero-order valence-electron chi connectivity index (χ0n) is 17.6. The van der Waals surface area contributed by atoms with E-state index in [4.69, 9.17) is 4.98 Å². The highest BCUT2D eigenvalue weighted by Gasteiger charge is 2.21. The van der Waals surface area contributed by atoms with Crippen LogP contribution < -0.4 is 0 Å². The normalized spacial score (nSPS) is 11.4. The maximum absolute atomic E-state index is 4.81. The Balaban J connectivity index is 1.98. The van der Waals surface area contributed by atoms with E-state index in [9.17, 15) is 0 Å². The van der Waals surface area contributed by atoms with E-state index in [-0.39, 0.29) is 0 Å². The maximum Gasteiger partial charge on any atom is 0.145 e. The van der Waals surface area contributed by atoms with E-state index < -0.39 is 0 Å². The zero-order chi connectivity index (χ0) is 20.4. The molecule has 0 fully saturated rings. The number of imidazole rings is 1. The van der Waals surface area contributed by atoms with Crippen LogP contribution in [0, 0.1) is 0 Å². The average Bonchev–Trinajstić information content (AvgIpc) is 3.23. The lowest BCUT2D eigenvalue weighted by Crippen LogP contribution is -2.05. The third-order valence-electron chi connectivity index (χ3n) is 5.45. The molecular weight excluding hydrogens is 352 g/mol. The predicted octanol–water partition coefficient (Wildman–Crippen LogP) is 7.45. The van der Waals surface area contributed by atoms with Gasteiger partial charge in [0, 0.05) is 23.6 Å². The molecule has 0 unspecified atom stereocenters. The van der Waals surface area contributed by atoms with Crippen molar-refractivity contribution in [1.29, 1.82) is 0 Å². The molecule has 0 N–H and O–H groups in total. The first kappa shape index (κ1) is 19.2. The van der Waals surface area contributed by atoms with Crippen LogP contribution in [0.3, 0.4) is 0 Å². The molecule has 146 valence electrons. The van der Waals surface area contributed by atoms with Gasteiger partial charge in [-0.15, -0.1) is 0 Å². The van der Waals surface area contributed by atoms with Crippen molar-refractivity contribution in [2.75, 3.05) is 0 Å². The predicted molar refractivity (Wildman–Crippen MR) is 123 cm³/mol. The largest absolute Gasteiger partial charge is 0.300 e. The number of nitrogens with zero attached hydrogens (tertiary/aromatic N) is 2. The molecule has 0 spiro atoms. The minimum Gasteiger partial charge on any atom is -0.300 e. The third kappa shape index (κ3) is 3.75. The zero-order valence-corrected chi connectivity index (χ0v) is 17.6. The molecule has 4 rings (SSSR count). The molecule has 2 heteroatoms. The first-order valence-electron chi connectivity index (χ1n) is 10.4. The van der Waals surface area contributed by atoms with E-state index in [1.165, 1.54) is 27.8 Å². The Labute approximate surface area is 173 Å². The summed E-state index contributed by atoms with van der Waals surface area (Å²) in [5.74, 6) is 1.81. The molecule has 1 heterocycles. The number of hydrogen-bond donors (Lipinski definition) is 0. The lowest BCUT2D eigenvalue weighted by atomic mass is 9.85. The van der Waals surface area contributed by atoms with Crippen molar-refractivity contribution in [2.45, 2.75) is 39.5 Å². The molecule has 0 saturated heterocycles. The molecule has 1 aromatic heterocycles. The number of aromatic nitrogens is 2. The van der Waals surface area contributed by atoms with Crippen molar-refractivity contribution in [3.05, 3.63) is 96.3 Å². The highest BCUT2D eigenvalue weighted by atomic mass is 15.1. The molecular formula is C27H28N2. The summed E-state index contributed by atoms with van der Waals surface area (Å²) in [5.41, 5.74) is 7.63. The minimum atomic E-state index is 0.395. The summed E-state index contributed by atoms with van der Waals surface area (Å²) in [5, 5.41) is 0. The smallest absolute Gasteiger partial charge is 0.145 e. The summed E-state index contributed by atoms with van der Waals surface area (Å²) in [6.07, 6.45) is 3.96. The fourth-order valence-electron chi connectivity index (χ4n) is 3.94. The van der Waals surface area contributed by atoms with Gasteiger partial charge in [0.1, 0.15) is 5.82 Å². The van der Waals surface area contributed by atoms with Gasteiger partial charge in [0.05, 0.1) is 0 Å². The SMILES string of the molecule is CC(C)c1cc(-c2ccccc2)cc(C(C)C)c1-c1nccn1-c1ccccc1. The Morgan fingerprint density at radius 1 is 0.690 bits per heavy atom. The van der Waals surface area contributed by atoms with Crippen LogP contribution in [0.25, 0.3) is 28.2 Å². The fourth-order valence-corrected chi connectivity index (χ4v) is 3.94. The van der Waals surface area contributed by atoms with Crippen LogP contribution in [-0.4, -0.2) is 9.55 Å². The second-order valence-electron chi connectivity index (χ2n) is 8.16. The van der Waals surface area contributed by atoms with Crippen LogP contribution in [0.15, 0.2) is 85.2 Å². The number of benzene rings is 3. The van der Waals surface area contributed by atoms with Gasteiger partial charge in [0.15, 0.2) is 0 Å². The lowest BCUT2D eigenvalue weighted by Gasteiger charge is -2.22. The van der Waals surface area contributed by atoms with Crippen molar-refractivity contribution >= 4 is 0 Å². The Hall–Kier alpha value is -3.13. The Morgan fingerprint density at radius 2 is 1.24 bits per heavy atom. The first-order chi connectivity index (χ1) is 14.1. The average molecular weight is 381 g/mol. The van der Waals surface area contributed by atoms with Gasteiger partial charge >= 0.3 is 0 Å². The fraction of sp³-hybridized carbons (Fsp3) is 0.222. The van der Waals surface area contributed by atoms with Gasteiger partial charge in [-0.25, -0.2) is 4.98 Å². The minimum absolute atomic E-state index is 0.395. The summed E-state index contributed by atoms with van der Waals surface area (Å²) >= 11 is 0. The molecule has 0 atom stereocenters. The molecule has 0 amide bonds. The number of rotatable bonds is 5. The van der Waals surface area contributed by atoms with Crippen LogP contribution in [0.2, 0.25) is 0 Å². The lowest BCUT2D eigenvalue weighted by molar-refractivity contribution is 0.832. The molecule has 0 radical (unpaired) electrons. The van der Waals surface area contributed by atoms with Gasteiger partial charge in [-0.05, 0) is 46.2 Å². The molecule has 4 aromatic rings. The summed E-state index contributed by atoms with van der Waals surface area (Å²) in [6.45, 7) is 9.09. The van der Waals surface area contributed by atoms with Crippen LogP contribution in [0.1, 0.15) is 50.7 Å². The Morgan fingerprint density at radius 3 is 1.79 bits per heavy atom. The van der Waals surface area contributed by atoms with Crippen LogP contribution in [0.4, 0.5) is 0 Å². The van der Waals surface area contributed by atoms with E-state index in [1.807, 2.05) is 12.3 Å². The highest BCUT2D eigenvalue weighted by Crippen LogP contribution is 2.39. The van der Waals surface area contributed by atoms with Crippen LogP contribution in [0.5, 0.6) is 0 Å².